The van der Waals surface area contributed by atoms with Gasteiger partial charge in [-0.15, -0.1) is 0 Å². The Bertz CT molecular complexity index is 1350. The number of thiophene rings is 1. The summed E-state index contributed by atoms with van der Waals surface area (Å²) in [7, 11) is 3.09. The molecule has 1 aromatic carbocycles. The van der Waals surface area contributed by atoms with Crippen molar-refractivity contribution >= 4 is 46.1 Å². The van der Waals surface area contributed by atoms with E-state index in [1.54, 1.807) is 20.2 Å². The molecular weight excluding hydrogens is 486 g/mol. The van der Waals surface area contributed by atoms with E-state index in [-0.39, 0.29) is 24.1 Å². The Kier molecular flexibility index (Phi) is 5.43. The van der Waals surface area contributed by atoms with Crippen molar-refractivity contribution in [2.24, 2.45) is 29.4 Å². The molecule has 5 rings (SSSR count). The van der Waals surface area contributed by atoms with Crippen LogP contribution in [0.3, 0.4) is 0 Å². The summed E-state index contributed by atoms with van der Waals surface area (Å²) in [6, 6.07) is 2.30. The average Bonchev–Trinajstić information content (AvgIpc) is 3.33. The molecule has 0 saturated heterocycles. The maximum atomic E-state index is 13.8. The molecule has 188 valence electrons. The lowest BCUT2D eigenvalue weighted by atomic mass is 9.52. The van der Waals surface area contributed by atoms with Gasteiger partial charge in [0.1, 0.15) is 5.75 Å². The Balaban J connectivity index is 1.69. The number of carbonyl (C=O) groups excluding carboxylic acids is 5. The van der Waals surface area contributed by atoms with Crippen LogP contribution in [0.1, 0.15) is 22.3 Å². The molecule has 2 unspecified atom stereocenters. The van der Waals surface area contributed by atoms with E-state index in [2.05, 4.69) is 0 Å². The first-order valence-corrected chi connectivity index (χ1v) is 12.4. The van der Waals surface area contributed by atoms with Crippen LogP contribution in [0.25, 0.3) is 11.1 Å². The van der Waals surface area contributed by atoms with Crippen LogP contribution in [0.15, 0.2) is 22.9 Å². The second kappa shape index (κ2) is 8.05. The zero-order chi connectivity index (χ0) is 26.3. The molecule has 0 spiro atoms. The molecule has 11 heteroatoms. The van der Waals surface area contributed by atoms with Crippen LogP contribution in [0.2, 0.25) is 0 Å². The van der Waals surface area contributed by atoms with Gasteiger partial charge in [0.15, 0.2) is 34.7 Å². The standard InChI is InChI=1S/C25H25N3O7S/c1-28(2)18-13-6-10-5-12-11(9-3-4-36-8-9)7-14(26)19(29)16(12)20(30)15(10)22(32)25(13,35)23(33)17(21(18)31)24(27)34/h3-4,7-8,10,13,15,17-18,29,35H,5-6,26H2,1-2H3,(H2,27,34)/t10-,13-,15?,17?,18-,25-/m0/s1. The highest BCUT2D eigenvalue weighted by Crippen LogP contribution is 2.52. The normalized spacial score (nSPS) is 31.7. The van der Waals surface area contributed by atoms with Crippen LogP contribution < -0.4 is 11.5 Å². The first-order chi connectivity index (χ1) is 16.9. The molecule has 0 aliphatic heterocycles. The smallest absolute Gasteiger partial charge is 0.235 e. The number of benzene rings is 1. The van der Waals surface area contributed by atoms with E-state index in [1.807, 2.05) is 16.8 Å². The average molecular weight is 512 g/mol. The van der Waals surface area contributed by atoms with Crippen LogP contribution >= 0.6 is 11.3 Å². The van der Waals surface area contributed by atoms with Gasteiger partial charge in [0.05, 0.1) is 23.2 Å². The fourth-order valence-electron chi connectivity index (χ4n) is 6.37. The minimum atomic E-state index is -2.75. The Labute approximate surface area is 209 Å². The summed E-state index contributed by atoms with van der Waals surface area (Å²) >= 11 is 1.45. The molecule has 1 amide bonds. The third-order valence-corrected chi connectivity index (χ3v) is 8.61. The highest BCUT2D eigenvalue weighted by Gasteiger charge is 2.69. The number of aromatic hydroxyl groups is 1. The number of nitrogen functional groups attached to an aromatic ring is 1. The summed E-state index contributed by atoms with van der Waals surface area (Å²) in [5.41, 5.74) is 10.4. The fourth-order valence-corrected chi connectivity index (χ4v) is 7.02. The summed E-state index contributed by atoms with van der Waals surface area (Å²) in [6.45, 7) is 0. The Hall–Kier alpha value is -3.41. The summed E-state index contributed by atoms with van der Waals surface area (Å²) < 4.78 is 0. The lowest BCUT2D eigenvalue weighted by molar-refractivity contribution is -0.181. The van der Waals surface area contributed by atoms with E-state index in [0.29, 0.717) is 11.1 Å². The quantitative estimate of drug-likeness (QED) is 0.254. The van der Waals surface area contributed by atoms with Crippen LogP contribution in [0, 0.1) is 23.7 Å². The van der Waals surface area contributed by atoms with Crippen LogP contribution in [-0.4, -0.2) is 69.9 Å². The fraction of sp³-hybridized carbons (Fsp3) is 0.400. The Morgan fingerprint density at radius 1 is 1.19 bits per heavy atom. The van der Waals surface area contributed by atoms with Crippen molar-refractivity contribution in [2.75, 3.05) is 19.8 Å². The molecule has 0 bridgehead atoms. The van der Waals surface area contributed by atoms with Crippen molar-refractivity contribution in [1.29, 1.82) is 0 Å². The number of phenols is 1. The van der Waals surface area contributed by atoms with Crippen molar-refractivity contribution in [3.63, 3.8) is 0 Å². The molecule has 6 N–H and O–H groups in total. The predicted octanol–water partition coefficient (Wildman–Crippen LogP) is 0.178. The number of rotatable bonds is 3. The minimum absolute atomic E-state index is 0.00187. The van der Waals surface area contributed by atoms with Gasteiger partial charge in [-0.1, -0.05) is 0 Å². The van der Waals surface area contributed by atoms with E-state index in [0.717, 1.165) is 5.56 Å². The van der Waals surface area contributed by atoms with Gasteiger partial charge in [0, 0.05) is 5.92 Å². The number of aliphatic hydroxyl groups is 1. The number of hydrogen-bond acceptors (Lipinski definition) is 10. The monoisotopic (exact) mass is 511 g/mol. The van der Waals surface area contributed by atoms with Crippen LogP contribution in [-0.2, 0) is 25.6 Å². The van der Waals surface area contributed by atoms with Gasteiger partial charge in [0.25, 0.3) is 0 Å². The van der Waals surface area contributed by atoms with Gasteiger partial charge in [-0.3, -0.25) is 28.9 Å². The molecule has 2 saturated carbocycles. The van der Waals surface area contributed by atoms with E-state index >= 15 is 0 Å². The van der Waals surface area contributed by atoms with Gasteiger partial charge < -0.3 is 21.7 Å². The van der Waals surface area contributed by atoms with E-state index in [1.165, 1.54) is 16.2 Å². The molecule has 1 aromatic heterocycles. The predicted molar refractivity (Wildman–Crippen MR) is 129 cm³/mol. The summed E-state index contributed by atoms with van der Waals surface area (Å²) in [5, 5.41) is 26.1. The van der Waals surface area contributed by atoms with Crippen molar-refractivity contribution in [3.8, 4) is 16.9 Å². The van der Waals surface area contributed by atoms with Gasteiger partial charge >= 0.3 is 0 Å². The number of anilines is 1. The van der Waals surface area contributed by atoms with Gasteiger partial charge in [-0.2, -0.15) is 11.3 Å². The molecule has 36 heavy (non-hydrogen) atoms. The zero-order valence-electron chi connectivity index (χ0n) is 19.6. The SMILES string of the molecule is CN(C)[C@@H]1C(=O)C(C(N)=O)C(=O)[C@@]2(O)C(=O)C3C(=O)c4c(O)c(N)cc(-c5ccsc5)c4C[C@H]3C[C@@H]12. The number of hydrogen-bond donors (Lipinski definition) is 4. The molecule has 1 heterocycles. The minimum Gasteiger partial charge on any atom is -0.505 e. The number of nitrogens with two attached hydrogens (primary N) is 2. The van der Waals surface area contributed by atoms with Crippen molar-refractivity contribution in [2.45, 2.75) is 24.5 Å². The molecule has 3 aliphatic carbocycles. The van der Waals surface area contributed by atoms with Gasteiger partial charge in [-0.25, -0.2) is 0 Å². The summed E-state index contributed by atoms with van der Waals surface area (Å²) in [4.78, 5) is 67.5. The number of primary amides is 1. The van der Waals surface area contributed by atoms with Gasteiger partial charge in [0.2, 0.25) is 5.91 Å². The Morgan fingerprint density at radius 2 is 1.89 bits per heavy atom. The summed E-state index contributed by atoms with van der Waals surface area (Å²) in [6.07, 6.45) is 0.184. The molecular formula is C25H25N3O7S. The second-order valence-corrected chi connectivity index (χ2v) is 10.8. The first-order valence-electron chi connectivity index (χ1n) is 11.4. The molecule has 6 atom stereocenters. The number of carbonyl (C=O) groups is 5. The maximum absolute atomic E-state index is 13.8. The highest BCUT2D eigenvalue weighted by atomic mass is 32.1. The molecule has 0 radical (unpaired) electrons. The van der Waals surface area contributed by atoms with Crippen LogP contribution in [0.5, 0.6) is 5.75 Å². The Morgan fingerprint density at radius 3 is 2.47 bits per heavy atom. The number of amides is 1. The number of phenolic OH excluding ortho intramolecular Hbond substituents is 1. The van der Waals surface area contributed by atoms with Crippen molar-refractivity contribution in [3.05, 3.63) is 34.0 Å². The number of Topliss-reactive ketones (excluding diaryl/α,β-unsaturated/α-hetero) is 4. The second-order valence-electron chi connectivity index (χ2n) is 10.0. The maximum Gasteiger partial charge on any atom is 0.235 e. The van der Waals surface area contributed by atoms with Gasteiger partial charge in [-0.05, 0) is 72.4 Å². The van der Waals surface area contributed by atoms with E-state index in [9.17, 15) is 34.2 Å². The molecule has 2 fully saturated rings. The number of fused-ring (bicyclic) bond motifs is 3. The lowest BCUT2D eigenvalue weighted by Gasteiger charge is -2.52. The van der Waals surface area contributed by atoms with Crippen molar-refractivity contribution < 1.29 is 34.2 Å². The van der Waals surface area contributed by atoms with Crippen molar-refractivity contribution in [1.82, 2.24) is 4.90 Å². The number of ketones is 4. The third-order valence-electron chi connectivity index (χ3n) is 7.92. The van der Waals surface area contributed by atoms with Crippen LogP contribution in [0.4, 0.5) is 5.69 Å². The molecule has 10 nitrogen and oxygen atoms in total. The summed E-state index contributed by atoms with van der Waals surface area (Å²) in [5.74, 6) is -10.9. The number of nitrogens with zero attached hydrogens (tertiary/aromatic N) is 1. The highest BCUT2D eigenvalue weighted by molar-refractivity contribution is 7.08. The van der Waals surface area contributed by atoms with E-state index in [4.69, 9.17) is 11.5 Å². The number of likely N-dealkylation sites (N-methyl/N-ethyl adjacent to an activating group) is 1. The lowest BCUT2D eigenvalue weighted by Crippen LogP contribution is -2.74. The first kappa shape index (κ1) is 24.3. The molecule has 3 aliphatic rings. The molecule has 2 aromatic rings. The third kappa shape index (κ3) is 3.06. The topological polar surface area (TPSA) is 181 Å². The zero-order valence-corrected chi connectivity index (χ0v) is 20.4. The largest absolute Gasteiger partial charge is 0.505 e. The van der Waals surface area contributed by atoms with E-state index < -0.39 is 70.1 Å².